The van der Waals surface area contributed by atoms with Crippen molar-refractivity contribution in [3.63, 3.8) is 0 Å². The third-order valence-corrected chi connectivity index (χ3v) is 2.39. The van der Waals surface area contributed by atoms with Crippen LogP contribution in [0.25, 0.3) is 0 Å². The van der Waals surface area contributed by atoms with E-state index in [1.54, 1.807) is 20.8 Å². The zero-order valence-electron chi connectivity index (χ0n) is 11.9. The Hall–Kier alpha value is -1.14. The summed E-state index contributed by atoms with van der Waals surface area (Å²) in [7, 11) is 0. The van der Waals surface area contributed by atoms with Crippen LogP contribution >= 0.6 is 0 Å². The lowest BCUT2D eigenvalue weighted by Crippen LogP contribution is -2.39. The maximum absolute atomic E-state index is 11.5. The minimum atomic E-state index is -0.513. The van der Waals surface area contributed by atoms with Crippen molar-refractivity contribution in [2.45, 2.75) is 45.3 Å². The molecule has 110 valence electrons. The van der Waals surface area contributed by atoms with Gasteiger partial charge in [-0.1, -0.05) is 0 Å². The Balaban J connectivity index is 2.12. The van der Waals surface area contributed by atoms with Gasteiger partial charge in [-0.3, -0.25) is 9.59 Å². The second kappa shape index (κ2) is 7.45. The van der Waals surface area contributed by atoms with E-state index >= 15 is 0 Å². The summed E-state index contributed by atoms with van der Waals surface area (Å²) in [4.78, 5) is 23.0. The third-order valence-electron chi connectivity index (χ3n) is 2.39. The largest absolute Gasteiger partial charge is 0.460 e. The summed E-state index contributed by atoms with van der Waals surface area (Å²) in [6.45, 7) is 7.45. The summed E-state index contributed by atoms with van der Waals surface area (Å²) in [5.74, 6) is -0.542. The van der Waals surface area contributed by atoms with Gasteiger partial charge < -0.3 is 19.5 Å². The van der Waals surface area contributed by atoms with Crippen LogP contribution in [-0.4, -0.2) is 49.9 Å². The van der Waals surface area contributed by atoms with E-state index in [1.807, 2.05) is 0 Å². The zero-order valence-corrected chi connectivity index (χ0v) is 11.9. The first-order chi connectivity index (χ1) is 8.87. The van der Waals surface area contributed by atoms with Crippen LogP contribution in [0.3, 0.4) is 0 Å². The fraction of sp³-hybridized carbons (Fsp3) is 0.846. The number of hydrogen-bond donors (Lipinski definition) is 1. The van der Waals surface area contributed by atoms with Gasteiger partial charge in [-0.25, -0.2) is 0 Å². The van der Waals surface area contributed by atoms with Crippen LogP contribution in [0.2, 0.25) is 0 Å². The predicted octanol–water partition coefficient (Wildman–Crippen LogP) is 0.640. The molecule has 0 saturated carbocycles. The minimum Gasteiger partial charge on any atom is -0.460 e. The van der Waals surface area contributed by atoms with Crippen molar-refractivity contribution in [1.29, 1.82) is 0 Å². The molecule has 0 radical (unpaired) electrons. The number of esters is 1. The van der Waals surface area contributed by atoms with Crippen LogP contribution < -0.4 is 5.32 Å². The fourth-order valence-corrected chi connectivity index (χ4v) is 1.58. The molecular weight excluding hydrogens is 250 g/mol. The highest BCUT2D eigenvalue weighted by Crippen LogP contribution is 2.09. The van der Waals surface area contributed by atoms with Gasteiger partial charge in [-0.2, -0.15) is 0 Å². The Morgan fingerprint density at radius 2 is 2.00 bits per heavy atom. The van der Waals surface area contributed by atoms with E-state index in [1.165, 1.54) is 0 Å². The molecule has 1 atom stereocenters. The summed E-state index contributed by atoms with van der Waals surface area (Å²) in [5, 5.41) is 2.72. The van der Waals surface area contributed by atoms with Crippen LogP contribution in [-0.2, 0) is 23.8 Å². The van der Waals surface area contributed by atoms with Gasteiger partial charge in [-0.15, -0.1) is 0 Å². The van der Waals surface area contributed by atoms with Crippen molar-refractivity contribution in [2.24, 2.45) is 0 Å². The lowest BCUT2D eigenvalue weighted by Gasteiger charge is -2.23. The molecule has 0 bridgehead atoms. The van der Waals surface area contributed by atoms with Gasteiger partial charge in [0.25, 0.3) is 0 Å². The SMILES string of the molecule is CC(C)(C)OC(=O)CCC(=O)NCC1COCCO1. The molecule has 1 unspecified atom stereocenters. The molecule has 0 aliphatic carbocycles. The molecule has 0 aromatic heterocycles. The zero-order chi connectivity index (χ0) is 14.3. The summed E-state index contributed by atoms with van der Waals surface area (Å²) in [6, 6.07) is 0. The Morgan fingerprint density at radius 3 is 2.58 bits per heavy atom. The number of ether oxygens (including phenoxy) is 3. The number of amides is 1. The summed E-state index contributed by atoms with van der Waals surface area (Å²) in [6.07, 6.45) is 0.118. The number of nitrogens with one attached hydrogen (secondary N) is 1. The standard InChI is InChI=1S/C13H23NO5/c1-13(2,3)19-12(16)5-4-11(15)14-8-10-9-17-6-7-18-10/h10H,4-9H2,1-3H3,(H,14,15). The van der Waals surface area contributed by atoms with Gasteiger partial charge in [-0.05, 0) is 20.8 Å². The highest BCUT2D eigenvalue weighted by Gasteiger charge is 2.18. The van der Waals surface area contributed by atoms with Crippen LogP contribution in [0.4, 0.5) is 0 Å². The first kappa shape index (κ1) is 15.9. The Morgan fingerprint density at radius 1 is 1.26 bits per heavy atom. The molecule has 6 heteroatoms. The normalized spacial score (nSPS) is 19.8. The number of carbonyl (C=O) groups excluding carboxylic acids is 2. The first-order valence-electron chi connectivity index (χ1n) is 6.55. The molecule has 1 aliphatic rings. The highest BCUT2D eigenvalue weighted by atomic mass is 16.6. The van der Waals surface area contributed by atoms with Crippen LogP contribution in [0, 0.1) is 0 Å². The number of rotatable bonds is 5. The molecule has 1 amide bonds. The molecule has 1 N–H and O–H groups in total. The first-order valence-corrected chi connectivity index (χ1v) is 6.55. The van der Waals surface area contributed by atoms with Crippen LogP contribution in [0.15, 0.2) is 0 Å². The molecule has 6 nitrogen and oxygen atoms in total. The Labute approximate surface area is 113 Å². The second-order valence-corrected chi connectivity index (χ2v) is 5.46. The highest BCUT2D eigenvalue weighted by molar-refractivity contribution is 5.81. The van der Waals surface area contributed by atoms with Gasteiger partial charge in [0.15, 0.2) is 0 Å². The fourth-order valence-electron chi connectivity index (χ4n) is 1.58. The van der Waals surface area contributed by atoms with E-state index in [4.69, 9.17) is 14.2 Å². The molecule has 1 fully saturated rings. The topological polar surface area (TPSA) is 73.9 Å². The molecule has 1 heterocycles. The van der Waals surface area contributed by atoms with Gasteiger partial charge in [0.2, 0.25) is 5.91 Å². The molecule has 1 saturated heterocycles. The third kappa shape index (κ3) is 7.79. The number of hydrogen-bond acceptors (Lipinski definition) is 5. The maximum atomic E-state index is 11.5. The van der Waals surface area contributed by atoms with Gasteiger partial charge in [0.05, 0.1) is 32.3 Å². The van der Waals surface area contributed by atoms with Gasteiger partial charge >= 0.3 is 5.97 Å². The summed E-state index contributed by atoms with van der Waals surface area (Å²) in [5.41, 5.74) is -0.513. The van der Waals surface area contributed by atoms with Crippen molar-refractivity contribution < 1.29 is 23.8 Å². The van der Waals surface area contributed by atoms with E-state index in [0.717, 1.165) is 0 Å². The van der Waals surface area contributed by atoms with Gasteiger partial charge in [0.1, 0.15) is 5.60 Å². The van der Waals surface area contributed by atoms with E-state index in [0.29, 0.717) is 26.4 Å². The molecule has 19 heavy (non-hydrogen) atoms. The van der Waals surface area contributed by atoms with E-state index in [-0.39, 0.29) is 30.8 Å². The lowest BCUT2D eigenvalue weighted by molar-refractivity contribution is -0.155. The summed E-state index contributed by atoms with van der Waals surface area (Å²) < 4.78 is 15.7. The molecule has 0 aromatic carbocycles. The van der Waals surface area contributed by atoms with E-state index in [9.17, 15) is 9.59 Å². The average Bonchev–Trinajstić information content (AvgIpc) is 2.33. The second-order valence-electron chi connectivity index (χ2n) is 5.46. The van der Waals surface area contributed by atoms with E-state index in [2.05, 4.69) is 5.32 Å². The van der Waals surface area contributed by atoms with Crippen molar-refractivity contribution >= 4 is 11.9 Å². The minimum absolute atomic E-state index is 0.0884. The smallest absolute Gasteiger partial charge is 0.306 e. The van der Waals surface area contributed by atoms with Crippen molar-refractivity contribution in [3.8, 4) is 0 Å². The van der Waals surface area contributed by atoms with Crippen molar-refractivity contribution in [2.75, 3.05) is 26.4 Å². The van der Waals surface area contributed by atoms with E-state index < -0.39 is 5.60 Å². The predicted molar refractivity (Wildman–Crippen MR) is 68.6 cm³/mol. The quantitative estimate of drug-likeness (QED) is 0.744. The Bertz CT molecular complexity index is 305. The average molecular weight is 273 g/mol. The molecule has 0 aromatic rings. The molecule has 1 rings (SSSR count). The van der Waals surface area contributed by atoms with Crippen molar-refractivity contribution in [1.82, 2.24) is 5.32 Å². The molecular formula is C13H23NO5. The maximum Gasteiger partial charge on any atom is 0.306 e. The Kier molecular flexibility index (Phi) is 6.24. The number of carbonyl (C=O) groups is 2. The molecule has 1 aliphatic heterocycles. The summed E-state index contributed by atoms with van der Waals surface area (Å²) >= 11 is 0. The molecule has 0 spiro atoms. The van der Waals surface area contributed by atoms with Crippen molar-refractivity contribution in [3.05, 3.63) is 0 Å². The lowest BCUT2D eigenvalue weighted by atomic mass is 10.2. The van der Waals surface area contributed by atoms with Gasteiger partial charge in [0, 0.05) is 13.0 Å². The monoisotopic (exact) mass is 273 g/mol. The van der Waals surface area contributed by atoms with Crippen LogP contribution in [0.5, 0.6) is 0 Å². The van der Waals surface area contributed by atoms with Crippen LogP contribution in [0.1, 0.15) is 33.6 Å².